The first kappa shape index (κ1) is 17.6. The minimum Gasteiger partial charge on any atom is -0.455 e. The van der Waals surface area contributed by atoms with Crippen molar-refractivity contribution in [3.05, 3.63) is 47.5 Å². The number of methoxy groups -OCH3 is 1. The number of morpholine rings is 1. The van der Waals surface area contributed by atoms with E-state index in [0.29, 0.717) is 36.3 Å². The van der Waals surface area contributed by atoms with Crippen molar-refractivity contribution in [1.29, 1.82) is 0 Å². The van der Waals surface area contributed by atoms with Gasteiger partial charge in [0.25, 0.3) is 0 Å². The zero-order chi connectivity index (χ0) is 17.6. The summed E-state index contributed by atoms with van der Waals surface area (Å²) in [6, 6.07) is 3.11. The summed E-state index contributed by atoms with van der Waals surface area (Å²) in [5, 5.41) is 0.478. The molecule has 3 heterocycles. The van der Waals surface area contributed by atoms with Gasteiger partial charge in [-0.2, -0.15) is 0 Å². The lowest BCUT2D eigenvalue weighted by molar-refractivity contribution is -0.149. The normalized spacial score (nSPS) is 17.6. The second kappa shape index (κ2) is 8.24. The van der Waals surface area contributed by atoms with Gasteiger partial charge < -0.3 is 19.1 Å². The largest absolute Gasteiger partial charge is 0.455 e. The van der Waals surface area contributed by atoms with Crippen molar-refractivity contribution >= 4 is 17.5 Å². The Morgan fingerprint density at radius 1 is 1.36 bits per heavy atom. The summed E-state index contributed by atoms with van der Waals surface area (Å²) >= 11 is 5.96. The Morgan fingerprint density at radius 3 is 3.04 bits per heavy atom. The lowest BCUT2D eigenvalue weighted by Gasteiger charge is -2.36. The minimum atomic E-state index is -0.299. The van der Waals surface area contributed by atoms with Crippen molar-refractivity contribution in [2.24, 2.45) is 0 Å². The van der Waals surface area contributed by atoms with Crippen LogP contribution in [0.15, 0.2) is 36.9 Å². The van der Waals surface area contributed by atoms with E-state index in [-0.39, 0.29) is 18.6 Å². The maximum atomic E-state index is 12.3. The summed E-state index contributed by atoms with van der Waals surface area (Å²) < 4.78 is 16.5. The van der Waals surface area contributed by atoms with Crippen LogP contribution in [-0.2, 0) is 14.3 Å². The van der Waals surface area contributed by atoms with Crippen LogP contribution in [0.5, 0.6) is 11.5 Å². The molecule has 1 unspecified atom stereocenters. The molecule has 0 N–H and O–H groups in total. The summed E-state index contributed by atoms with van der Waals surface area (Å²) in [5.41, 5.74) is 0.756. The first-order chi connectivity index (χ1) is 12.2. The molecular weight excluding hydrogens is 346 g/mol. The van der Waals surface area contributed by atoms with Gasteiger partial charge in [-0.25, -0.2) is 0 Å². The molecule has 0 saturated carbocycles. The zero-order valence-electron chi connectivity index (χ0n) is 13.7. The molecule has 1 fully saturated rings. The lowest BCUT2D eigenvalue weighted by Crippen LogP contribution is -2.45. The number of carbonyl (C=O) groups excluding carboxylic acids is 1. The van der Waals surface area contributed by atoms with Crippen LogP contribution in [0.2, 0.25) is 5.02 Å². The second-order valence-electron chi connectivity index (χ2n) is 5.47. The van der Waals surface area contributed by atoms with Crippen LogP contribution in [0.25, 0.3) is 0 Å². The third-order valence-corrected chi connectivity index (χ3v) is 4.02. The summed E-state index contributed by atoms with van der Waals surface area (Å²) in [6.07, 6.45) is 6.41. The molecular formula is C17H18ClN3O4. The van der Waals surface area contributed by atoms with Gasteiger partial charge in [0, 0.05) is 43.9 Å². The Hall–Kier alpha value is -2.22. The number of carbonyl (C=O) groups is 1. The maximum Gasteiger partial charge on any atom is 0.249 e. The van der Waals surface area contributed by atoms with Crippen molar-refractivity contribution in [1.82, 2.24) is 14.9 Å². The highest BCUT2D eigenvalue weighted by Gasteiger charge is 2.32. The summed E-state index contributed by atoms with van der Waals surface area (Å²) in [7, 11) is 1.60. The number of amides is 1. The van der Waals surface area contributed by atoms with Crippen LogP contribution >= 0.6 is 11.6 Å². The Labute approximate surface area is 150 Å². The van der Waals surface area contributed by atoms with Gasteiger partial charge in [0.1, 0.15) is 18.1 Å². The molecule has 1 amide bonds. The number of nitrogens with zero attached hydrogens (tertiary/aromatic N) is 3. The molecule has 8 heteroatoms. The smallest absolute Gasteiger partial charge is 0.249 e. The zero-order valence-corrected chi connectivity index (χ0v) is 14.5. The van der Waals surface area contributed by atoms with E-state index in [1.165, 1.54) is 6.20 Å². The first-order valence-electron chi connectivity index (χ1n) is 7.77. The predicted molar refractivity (Wildman–Crippen MR) is 90.7 cm³/mol. The highest BCUT2D eigenvalue weighted by Crippen LogP contribution is 2.34. The average molecular weight is 364 g/mol. The molecule has 2 aromatic heterocycles. The van der Waals surface area contributed by atoms with E-state index in [4.69, 9.17) is 25.8 Å². The molecule has 7 nitrogen and oxygen atoms in total. The van der Waals surface area contributed by atoms with Gasteiger partial charge >= 0.3 is 0 Å². The highest BCUT2D eigenvalue weighted by molar-refractivity contribution is 6.30. The topological polar surface area (TPSA) is 73.8 Å². The predicted octanol–water partition coefficient (Wildman–Crippen LogP) is 2.47. The average Bonchev–Trinajstić information content (AvgIpc) is 2.61. The van der Waals surface area contributed by atoms with Gasteiger partial charge in [0.05, 0.1) is 30.5 Å². The molecule has 0 aliphatic carbocycles. The van der Waals surface area contributed by atoms with Crippen molar-refractivity contribution in [3.8, 4) is 11.5 Å². The fourth-order valence-electron chi connectivity index (χ4n) is 2.64. The molecule has 1 aliphatic heterocycles. The number of hydrogen-bond donors (Lipinski definition) is 0. The molecule has 132 valence electrons. The number of aromatic nitrogens is 2. The van der Waals surface area contributed by atoms with Crippen LogP contribution in [0.4, 0.5) is 0 Å². The van der Waals surface area contributed by atoms with Crippen LogP contribution in [-0.4, -0.2) is 54.3 Å². The molecule has 1 atom stereocenters. The summed E-state index contributed by atoms with van der Waals surface area (Å²) in [4.78, 5) is 22.2. The maximum absolute atomic E-state index is 12.3. The number of ether oxygens (including phenoxy) is 3. The van der Waals surface area contributed by atoms with Gasteiger partial charge in [0.15, 0.2) is 0 Å². The lowest BCUT2D eigenvalue weighted by atomic mass is 10.1. The second-order valence-corrected chi connectivity index (χ2v) is 5.90. The number of hydrogen-bond acceptors (Lipinski definition) is 6. The number of halogens is 1. The molecule has 0 radical (unpaired) electrons. The molecule has 1 saturated heterocycles. The van der Waals surface area contributed by atoms with Gasteiger partial charge in [-0.3, -0.25) is 14.8 Å². The minimum absolute atomic E-state index is 0.0644. The van der Waals surface area contributed by atoms with Crippen molar-refractivity contribution < 1.29 is 19.0 Å². The van der Waals surface area contributed by atoms with Gasteiger partial charge in [-0.15, -0.1) is 0 Å². The monoisotopic (exact) mass is 363 g/mol. The summed E-state index contributed by atoms with van der Waals surface area (Å²) in [6.45, 7) is 1.34. The van der Waals surface area contributed by atoms with E-state index in [1.807, 2.05) is 0 Å². The van der Waals surface area contributed by atoms with Crippen LogP contribution in [0, 0.1) is 0 Å². The molecule has 2 aromatic rings. The SMILES string of the molecule is COCCN1C(=O)COCC1c1cnccc1Oc1cncc(Cl)c1. The molecule has 0 bridgehead atoms. The van der Waals surface area contributed by atoms with Crippen molar-refractivity contribution in [3.63, 3.8) is 0 Å². The van der Waals surface area contributed by atoms with E-state index in [1.54, 1.807) is 42.7 Å². The Morgan fingerprint density at radius 2 is 2.24 bits per heavy atom. The van der Waals surface area contributed by atoms with Gasteiger partial charge in [0.2, 0.25) is 5.91 Å². The number of pyridine rings is 2. The third kappa shape index (κ3) is 4.25. The van der Waals surface area contributed by atoms with E-state index >= 15 is 0 Å². The third-order valence-electron chi connectivity index (χ3n) is 3.81. The standard InChI is InChI=1S/C17H18ClN3O4/c1-23-5-4-21-15(10-24-11-17(21)22)14-9-19-3-2-16(14)25-13-6-12(18)7-20-8-13/h2-3,6-9,15H,4-5,10-11H2,1H3. The number of rotatable bonds is 6. The van der Waals surface area contributed by atoms with Crippen LogP contribution < -0.4 is 4.74 Å². The fourth-order valence-corrected chi connectivity index (χ4v) is 2.81. The molecule has 0 aromatic carbocycles. The molecule has 3 rings (SSSR count). The Kier molecular flexibility index (Phi) is 5.80. The van der Waals surface area contributed by atoms with Crippen LogP contribution in [0.1, 0.15) is 11.6 Å². The molecule has 1 aliphatic rings. The Bertz CT molecular complexity index is 743. The van der Waals surface area contributed by atoms with Gasteiger partial charge in [-0.1, -0.05) is 11.6 Å². The van der Waals surface area contributed by atoms with E-state index in [2.05, 4.69) is 9.97 Å². The summed E-state index contributed by atoms with van der Waals surface area (Å²) in [5.74, 6) is 0.990. The Balaban J connectivity index is 1.89. The van der Waals surface area contributed by atoms with Crippen LogP contribution in [0.3, 0.4) is 0 Å². The van der Waals surface area contributed by atoms with E-state index in [9.17, 15) is 4.79 Å². The van der Waals surface area contributed by atoms with Crippen molar-refractivity contribution in [2.75, 3.05) is 33.5 Å². The van der Waals surface area contributed by atoms with Gasteiger partial charge in [-0.05, 0) is 6.07 Å². The van der Waals surface area contributed by atoms with Crippen molar-refractivity contribution in [2.45, 2.75) is 6.04 Å². The first-order valence-corrected chi connectivity index (χ1v) is 8.15. The molecule has 0 spiro atoms. The van der Waals surface area contributed by atoms with E-state index in [0.717, 1.165) is 5.56 Å². The quantitative estimate of drug-likeness (QED) is 0.785. The highest BCUT2D eigenvalue weighted by atomic mass is 35.5. The fraction of sp³-hybridized carbons (Fsp3) is 0.353. The van der Waals surface area contributed by atoms with E-state index < -0.39 is 0 Å². The molecule has 25 heavy (non-hydrogen) atoms.